The van der Waals surface area contributed by atoms with Crippen molar-refractivity contribution in [1.82, 2.24) is 9.78 Å². The SMILES string of the molecule is Cc1ccc(-n2[nH]c(C)c(N=Nc3cccc(Br)c3C)c2=O)cc1C. The summed E-state index contributed by atoms with van der Waals surface area (Å²) in [6, 6.07) is 11.6. The molecule has 0 aliphatic heterocycles. The highest BCUT2D eigenvalue weighted by atomic mass is 79.9. The van der Waals surface area contributed by atoms with Gasteiger partial charge in [0.2, 0.25) is 0 Å². The minimum atomic E-state index is -0.211. The van der Waals surface area contributed by atoms with Gasteiger partial charge in [0.05, 0.1) is 17.1 Å². The van der Waals surface area contributed by atoms with Crippen molar-refractivity contribution in [2.45, 2.75) is 27.7 Å². The number of halogens is 1. The van der Waals surface area contributed by atoms with Crippen molar-refractivity contribution >= 4 is 27.3 Å². The Labute approximate surface area is 154 Å². The fraction of sp³-hybridized carbons (Fsp3) is 0.211. The van der Waals surface area contributed by atoms with Crippen LogP contribution in [-0.4, -0.2) is 9.78 Å². The van der Waals surface area contributed by atoms with Crippen LogP contribution in [0, 0.1) is 27.7 Å². The highest BCUT2D eigenvalue weighted by Gasteiger charge is 2.13. The standard InChI is InChI=1S/C19H19BrN4O/c1-11-8-9-15(10-12(11)2)24-19(25)18(14(4)23-24)22-21-17-7-5-6-16(20)13(17)3/h5-10,23H,1-4H3. The van der Waals surface area contributed by atoms with Crippen molar-refractivity contribution in [3.05, 3.63) is 73.6 Å². The van der Waals surface area contributed by atoms with E-state index in [4.69, 9.17) is 0 Å². The van der Waals surface area contributed by atoms with Crippen LogP contribution in [0.3, 0.4) is 0 Å². The third-order valence-corrected chi connectivity index (χ3v) is 5.14. The van der Waals surface area contributed by atoms with Crippen molar-refractivity contribution in [2.24, 2.45) is 10.2 Å². The van der Waals surface area contributed by atoms with E-state index in [9.17, 15) is 4.79 Å². The van der Waals surface area contributed by atoms with Crippen LogP contribution in [0.15, 0.2) is 55.9 Å². The van der Waals surface area contributed by atoms with Crippen LogP contribution in [0.5, 0.6) is 0 Å². The van der Waals surface area contributed by atoms with Crippen molar-refractivity contribution in [3.8, 4) is 5.69 Å². The van der Waals surface area contributed by atoms with Gasteiger partial charge in [0.25, 0.3) is 5.56 Å². The summed E-state index contributed by atoms with van der Waals surface area (Å²) in [5.74, 6) is 0. The Morgan fingerprint density at radius 3 is 2.48 bits per heavy atom. The predicted octanol–water partition coefficient (Wildman–Crippen LogP) is 5.58. The van der Waals surface area contributed by atoms with Crippen LogP contribution >= 0.6 is 15.9 Å². The molecule has 0 fully saturated rings. The van der Waals surface area contributed by atoms with Crippen LogP contribution in [-0.2, 0) is 0 Å². The summed E-state index contributed by atoms with van der Waals surface area (Å²) >= 11 is 3.47. The summed E-state index contributed by atoms with van der Waals surface area (Å²) in [6.07, 6.45) is 0. The summed E-state index contributed by atoms with van der Waals surface area (Å²) in [5.41, 5.74) is 5.60. The Morgan fingerprint density at radius 2 is 1.76 bits per heavy atom. The Bertz CT molecular complexity index is 1030. The molecular weight excluding hydrogens is 380 g/mol. The van der Waals surface area contributed by atoms with Gasteiger partial charge in [0.15, 0.2) is 5.69 Å². The molecule has 3 rings (SSSR count). The Kier molecular flexibility index (Phi) is 4.72. The van der Waals surface area contributed by atoms with Gasteiger partial charge in [0, 0.05) is 4.47 Å². The van der Waals surface area contributed by atoms with Gasteiger partial charge < -0.3 is 0 Å². The summed E-state index contributed by atoms with van der Waals surface area (Å²) in [4.78, 5) is 12.7. The van der Waals surface area contributed by atoms with E-state index in [1.807, 2.05) is 64.1 Å². The number of nitrogens with one attached hydrogen (secondary N) is 1. The molecule has 0 atom stereocenters. The lowest BCUT2D eigenvalue weighted by Crippen LogP contribution is -2.14. The molecule has 0 amide bonds. The number of azo groups is 1. The molecule has 6 heteroatoms. The lowest BCUT2D eigenvalue weighted by molar-refractivity contribution is 0.833. The minimum absolute atomic E-state index is 0.211. The van der Waals surface area contributed by atoms with Gasteiger partial charge in [-0.05, 0) is 68.7 Å². The maximum Gasteiger partial charge on any atom is 0.299 e. The van der Waals surface area contributed by atoms with Crippen LogP contribution in [0.2, 0.25) is 0 Å². The molecule has 0 spiro atoms. The molecular formula is C19H19BrN4O. The average molecular weight is 399 g/mol. The van der Waals surface area contributed by atoms with Crippen LogP contribution in [0.1, 0.15) is 22.4 Å². The highest BCUT2D eigenvalue weighted by molar-refractivity contribution is 9.10. The number of aromatic nitrogens is 2. The first-order valence-corrected chi connectivity index (χ1v) is 8.74. The van der Waals surface area contributed by atoms with Crippen molar-refractivity contribution < 1.29 is 0 Å². The molecule has 1 heterocycles. The monoisotopic (exact) mass is 398 g/mol. The van der Waals surface area contributed by atoms with Crippen molar-refractivity contribution in [2.75, 3.05) is 0 Å². The largest absolute Gasteiger partial charge is 0.299 e. The molecule has 0 bridgehead atoms. The zero-order valence-electron chi connectivity index (χ0n) is 14.6. The highest BCUT2D eigenvalue weighted by Crippen LogP contribution is 2.27. The number of hydrogen-bond donors (Lipinski definition) is 1. The zero-order chi connectivity index (χ0) is 18.1. The Hall–Kier alpha value is -2.47. The minimum Gasteiger partial charge on any atom is -0.293 e. The van der Waals surface area contributed by atoms with Gasteiger partial charge in [-0.1, -0.05) is 28.1 Å². The van der Waals surface area contributed by atoms with Gasteiger partial charge in [-0.3, -0.25) is 9.89 Å². The van der Waals surface area contributed by atoms with Gasteiger partial charge in [-0.25, -0.2) is 4.68 Å². The third-order valence-electron chi connectivity index (χ3n) is 4.29. The summed E-state index contributed by atoms with van der Waals surface area (Å²) < 4.78 is 2.46. The molecule has 1 aromatic heterocycles. The molecule has 2 aromatic carbocycles. The van der Waals surface area contributed by atoms with E-state index in [1.165, 1.54) is 10.2 Å². The first-order chi connectivity index (χ1) is 11.9. The number of aryl methyl sites for hydroxylation is 3. The van der Waals surface area contributed by atoms with Gasteiger partial charge in [0.1, 0.15) is 0 Å². The van der Waals surface area contributed by atoms with Crippen molar-refractivity contribution in [3.63, 3.8) is 0 Å². The summed E-state index contributed by atoms with van der Waals surface area (Å²) in [7, 11) is 0. The third kappa shape index (κ3) is 3.35. The first kappa shape index (κ1) is 17.4. The van der Waals surface area contributed by atoms with E-state index < -0.39 is 0 Å². The number of rotatable bonds is 3. The molecule has 0 aliphatic rings. The smallest absolute Gasteiger partial charge is 0.293 e. The van der Waals surface area contributed by atoms with Gasteiger partial charge in [-0.2, -0.15) is 0 Å². The lowest BCUT2D eigenvalue weighted by Gasteiger charge is -2.05. The van der Waals surface area contributed by atoms with E-state index in [1.54, 1.807) is 0 Å². The quantitative estimate of drug-likeness (QED) is 0.575. The van der Waals surface area contributed by atoms with E-state index in [0.717, 1.165) is 27.0 Å². The molecule has 25 heavy (non-hydrogen) atoms. The normalized spacial score (nSPS) is 11.4. The second-order valence-electron chi connectivity index (χ2n) is 6.08. The van der Waals surface area contributed by atoms with E-state index >= 15 is 0 Å². The number of hydrogen-bond acceptors (Lipinski definition) is 3. The first-order valence-electron chi connectivity index (χ1n) is 7.94. The molecule has 0 aliphatic carbocycles. The van der Waals surface area contributed by atoms with Crippen LogP contribution in [0.25, 0.3) is 5.69 Å². The second-order valence-corrected chi connectivity index (χ2v) is 6.93. The maximum atomic E-state index is 12.7. The summed E-state index contributed by atoms with van der Waals surface area (Å²) in [6.45, 7) is 7.84. The van der Waals surface area contributed by atoms with Crippen LogP contribution < -0.4 is 5.56 Å². The fourth-order valence-corrected chi connectivity index (χ4v) is 2.87. The second kappa shape index (κ2) is 6.80. The number of H-pyrrole nitrogens is 1. The maximum absolute atomic E-state index is 12.7. The molecule has 0 radical (unpaired) electrons. The topological polar surface area (TPSA) is 62.5 Å². The zero-order valence-corrected chi connectivity index (χ0v) is 16.2. The van der Waals surface area contributed by atoms with Gasteiger partial charge in [-0.15, -0.1) is 10.2 Å². The van der Waals surface area contributed by atoms with E-state index in [2.05, 4.69) is 31.3 Å². The van der Waals surface area contributed by atoms with Gasteiger partial charge >= 0.3 is 0 Å². The Balaban J connectivity index is 2.03. The number of benzene rings is 2. The molecule has 0 saturated carbocycles. The Morgan fingerprint density at radius 1 is 1.00 bits per heavy atom. The lowest BCUT2D eigenvalue weighted by atomic mass is 10.1. The molecule has 1 N–H and O–H groups in total. The molecule has 0 saturated heterocycles. The molecule has 128 valence electrons. The van der Waals surface area contributed by atoms with E-state index in [-0.39, 0.29) is 5.56 Å². The predicted molar refractivity (Wildman–Crippen MR) is 104 cm³/mol. The number of aromatic amines is 1. The summed E-state index contributed by atoms with van der Waals surface area (Å²) in [5, 5.41) is 11.5. The fourth-order valence-electron chi connectivity index (χ4n) is 2.51. The average Bonchev–Trinajstić information content (AvgIpc) is 2.86. The molecule has 5 nitrogen and oxygen atoms in total. The molecule has 0 unspecified atom stereocenters. The van der Waals surface area contributed by atoms with Crippen LogP contribution in [0.4, 0.5) is 11.4 Å². The van der Waals surface area contributed by atoms with E-state index in [0.29, 0.717) is 11.4 Å². The van der Waals surface area contributed by atoms with Crippen molar-refractivity contribution in [1.29, 1.82) is 0 Å². The number of nitrogens with zero attached hydrogens (tertiary/aromatic N) is 3. The molecule has 3 aromatic rings.